The summed E-state index contributed by atoms with van der Waals surface area (Å²) in [6.45, 7) is 2.16. The van der Waals surface area contributed by atoms with Crippen LogP contribution in [0.1, 0.15) is 19.8 Å². The fraction of sp³-hybridized carbons (Fsp3) is 0.250. The molecule has 1 nitrogen and oxygen atoms in total. The van der Waals surface area contributed by atoms with Crippen LogP contribution in [0.2, 0.25) is 0 Å². The van der Waals surface area contributed by atoms with Crippen LogP contribution in [0.25, 0.3) is 0 Å². The molecule has 3 aromatic rings. The number of hydrogen-bond acceptors (Lipinski definition) is 1. The maximum atomic E-state index is 5.50. The predicted octanol–water partition coefficient (Wildman–Crippen LogP) is 4.53. The topological polar surface area (TPSA) is 9.23 Å². The summed E-state index contributed by atoms with van der Waals surface area (Å²) in [5.74, 6) is 0. The number of rotatable bonds is 8. The Morgan fingerprint density at radius 1 is 0.692 bits per heavy atom. The average Bonchev–Trinajstić information content (AvgIpc) is 2.73. The molecule has 26 heavy (non-hydrogen) atoms. The Bertz CT molecular complexity index is 674. The number of benzene rings is 3. The molecule has 0 aliphatic carbocycles. The molecule has 0 saturated carbocycles. The second-order valence-corrected chi connectivity index (χ2v) is 11.0. The molecule has 0 fully saturated rings. The molecule has 136 valence electrons. The van der Waals surface area contributed by atoms with Crippen molar-refractivity contribution >= 4 is 23.2 Å². The normalized spacial score (nSPS) is 13.3. The molecule has 0 amide bonds. The predicted molar refractivity (Wildman–Crippen MR) is 117 cm³/mol. The van der Waals surface area contributed by atoms with Crippen molar-refractivity contribution in [3.8, 4) is 0 Å². The Morgan fingerprint density at radius 2 is 1.08 bits per heavy atom. The second kappa shape index (κ2) is 9.12. The zero-order valence-electron chi connectivity index (χ0n) is 15.8. The second-order valence-electron chi connectivity index (χ2n) is 6.94. The summed E-state index contributed by atoms with van der Waals surface area (Å²) < 4.78 is 5.50. The molecule has 1 atom stereocenters. The van der Waals surface area contributed by atoms with Crippen molar-refractivity contribution in [2.24, 2.45) is 0 Å². The zero-order chi connectivity index (χ0) is 18.2. The van der Waals surface area contributed by atoms with Crippen molar-refractivity contribution in [2.45, 2.75) is 25.9 Å². The van der Waals surface area contributed by atoms with Gasteiger partial charge in [-0.15, -0.1) is 0 Å². The fourth-order valence-corrected chi connectivity index (χ4v) is 8.76. The summed E-state index contributed by atoms with van der Waals surface area (Å²) in [6, 6.07) is 33.4. The first kappa shape index (κ1) is 18.8. The molecule has 0 saturated heterocycles. The van der Waals surface area contributed by atoms with Crippen molar-refractivity contribution in [3.05, 3.63) is 91.0 Å². The molecule has 0 bridgehead atoms. The fourth-order valence-electron chi connectivity index (χ4n) is 3.87. The molecular weight excluding hydrogens is 335 g/mol. The molecule has 3 rings (SSSR count). The van der Waals surface area contributed by atoms with Crippen molar-refractivity contribution in [1.29, 1.82) is 0 Å². The summed E-state index contributed by atoms with van der Waals surface area (Å²) in [4.78, 5) is 0. The maximum absolute atomic E-state index is 5.50. The van der Waals surface area contributed by atoms with Gasteiger partial charge in [0.2, 0.25) is 0 Å². The first-order valence-electron chi connectivity index (χ1n) is 9.47. The van der Waals surface area contributed by atoms with Crippen molar-refractivity contribution < 1.29 is 4.74 Å². The standard InChI is InChI=1S/C24H29OP/c1-21(25-2)13-12-20-26(22-14-6-3-7-15-22,23-16-8-4-9-17-23)24-18-10-5-11-19-24/h3-11,14-19,21,26H,12-13,20H2,1-2H3. The molecule has 2 heteroatoms. The van der Waals surface area contributed by atoms with Crippen LogP contribution in [0.15, 0.2) is 91.0 Å². The molecule has 0 aliphatic heterocycles. The summed E-state index contributed by atoms with van der Waals surface area (Å²) in [7, 11) is -0.253. The molecule has 0 aromatic heterocycles. The third kappa shape index (κ3) is 4.06. The zero-order valence-corrected chi connectivity index (χ0v) is 16.8. The van der Waals surface area contributed by atoms with E-state index in [4.69, 9.17) is 4.74 Å². The van der Waals surface area contributed by atoms with E-state index in [9.17, 15) is 0 Å². The van der Waals surface area contributed by atoms with Gasteiger partial charge >= 0.3 is 158 Å². The SMILES string of the molecule is COC(C)CCC[PH](c1ccccc1)(c1ccccc1)c1ccccc1. The van der Waals surface area contributed by atoms with E-state index in [-0.39, 0.29) is 0 Å². The van der Waals surface area contributed by atoms with Gasteiger partial charge in [0.05, 0.1) is 0 Å². The third-order valence-electron chi connectivity index (χ3n) is 5.36. The van der Waals surface area contributed by atoms with Crippen LogP contribution in [-0.2, 0) is 4.74 Å². The first-order chi connectivity index (χ1) is 12.8. The molecule has 0 spiro atoms. The summed E-state index contributed by atoms with van der Waals surface area (Å²) in [5, 5.41) is 4.47. The van der Waals surface area contributed by atoms with Crippen LogP contribution < -0.4 is 15.9 Å². The summed E-state index contributed by atoms with van der Waals surface area (Å²) >= 11 is 0. The van der Waals surface area contributed by atoms with Crippen LogP contribution in [0.4, 0.5) is 0 Å². The Kier molecular flexibility index (Phi) is 6.61. The van der Waals surface area contributed by atoms with Crippen LogP contribution in [0.3, 0.4) is 0 Å². The average molecular weight is 364 g/mol. The van der Waals surface area contributed by atoms with E-state index in [0.717, 1.165) is 6.42 Å². The van der Waals surface area contributed by atoms with E-state index in [2.05, 4.69) is 97.9 Å². The van der Waals surface area contributed by atoms with Crippen molar-refractivity contribution in [3.63, 3.8) is 0 Å². The Morgan fingerprint density at radius 3 is 1.42 bits per heavy atom. The van der Waals surface area contributed by atoms with E-state index in [1.807, 2.05) is 0 Å². The Labute approximate surface area is 158 Å². The number of hydrogen-bond donors (Lipinski definition) is 0. The number of ether oxygens (including phenoxy) is 1. The van der Waals surface area contributed by atoms with Gasteiger partial charge in [-0.05, 0) is 0 Å². The minimum atomic E-state index is -2.06. The molecule has 1 unspecified atom stereocenters. The van der Waals surface area contributed by atoms with Crippen LogP contribution in [-0.4, -0.2) is 19.4 Å². The van der Waals surface area contributed by atoms with Crippen molar-refractivity contribution in [2.75, 3.05) is 13.3 Å². The van der Waals surface area contributed by atoms with Crippen molar-refractivity contribution in [1.82, 2.24) is 0 Å². The molecule has 0 aliphatic rings. The Balaban J connectivity index is 2.11. The minimum absolute atomic E-state index is 0.309. The van der Waals surface area contributed by atoms with E-state index in [0.29, 0.717) is 6.10 Å². The van der Waals surface area contributed by atoms with Gasteiger partial charge in [0.15, 0.2) is 0 Å². The van der Waals surface area contributed by atoms with Crippen LogP contribution >= 0.6 is 7.26 Å². The van der Waals surface area contributed by atoms with Gasteiger partial charge < -0.3 is 0 Å². The van der Waals surface area contributed by atoms with Gasteiger partial charge in [0.1, 0.15) is 0 Å². The first-order valence-corrected chi connectivity index (χ1v) is 11.7. The molecule has 3 aromatic carbocycles. The van der Waals surface area contributed by atoms with Crippen LogP contribution in [0, 0.1) is 0 Å². The van der Waals surface area contributed by atoms with Gasteiger partial charge in [-0.3, -0.25) is 0 Å². The van der Waals surface area contributed by atoms with E-state index in [1.54, 1.807) is 7.11 Å². The Hall–Kier alpha value is -1.95. The van der Waals surface area contributed by atoms with E-state index >= 15 is 0 Å². The van der Waals surface area contributed by atoms with Gasteiger partial charge in [-0.1, -0.05) is 0 Å². The third-order valence-corrected chi connectivity index (χ3v) is 10.4. The molecular formula is C24H29OP. The monoisotopic (exact) mass is 364 g/mol. The van der Waals surface area contributed by atoms with E-state index < -0.39 is 7.26 Å². The van der Waals surface area contributed by atoms with Gasteiger partial charge in [0.25, 0.3) is 0 Å². The quantitative estimate of drug-likeness (QED) is 0.534. The van der Waals surface area contributed by atoms with Crippen LogP contribution in [0.5, 0.6) is 0 Å². The molecule has 0 N–H and O–H groups in total. The summed E-state index contributed by atoms with van der Waals surface area (Å²) in [5.41, 5.74) is 0. The van der Waals surface area contributed by atoms with Gasteiger partial charge in [0, 0.05) is 0 Å². The van der Waals surface area contributed by atoms with Gasteiger partial charge in [-0.25, -0.2) is 0 Å². The number of methoxy groups -OCH3 is 1. The van der Waals surface area contributed by atoms with E-state index in [1.165, 1.54) is 28.5 Å². The summed E-state index contributed by atoms with van der Waals surface area (Å²) in [6.07, 6.45) is 3.76. The molecule has 0 radical (unpaired) electrons. The molecule has 0 heterocycles. The van der Waals surface area contributed by atoms with Gasteiger partial charge in [-0.2, -0.15) is 0 Å².